The second-order valence-electron chi connectivity index (χ2n) is 6.87. The van der Waals surface area contributed by atoms with Crippen LogP contribution in [-0.4, -0.2) is 58.1 Å². The quantitative estimate of drug-likeness (QED) is 0.372. The van der Waals surface area contributed by atoms with E-state index in [4.69, 9.17) is 18.9 Å². The van der Waals surface area contributed by atoms with Crippen LogP contribution >= 0.6 is 0 Å². The van der Waals surface area contributed by atoms with Crippen molar-refractivity contribution in [2.75, 3.05) is 41.0 Å². The van der Waals surface area contributed by atoms with Crippen LogP contribution < -0.4 is 29.6 Å². The van der Waals surface area contributed by atoms with Gasteiger partial charge in [0.05, 0.1) is 40.5 Å². The van der Waals surface area contributed by atoms with Gasteiger partial charge in [-0.2, -0.15) is 0 Å². The van der Waals surface area contributed by atoms with E-state index in [0.29, 0.717) is 36.1 Å². The van der Waals surface area contributed by atoms with Crippen LogP contribution in [0.25, 0.3) is 0 Å². The molecule has 0 spiro atoms. The molecule has 0 saturated carbocycles. The first-order valence-electron chi connectivity index (χ1n) is 10.2. The summed E-state index contributed by atoms with van der Waals surface area (Å²) in [6.45, 7) is 5.35. The zero-order chi connectivity index (χ0) is 22.6. The van der Waals surface area contributed by atoms with E-state index in [2.05, 4.69) is 15.6 Å². The predicted octanol–water partition coefficient (Wildman–Crippen LogP) is 2.77. The molecule has 0 radical (unpaired) electrons. The number of aliphatic hydroxyl groups is 1. The van der Waals surface area contributed by atoms with Crippen LogP contribution in [0.2, 0.25) is 0 Å². The average Bonchev–Trinajstić information content (AvgIpc) is 2.80. The molecule has 2 aromatic carbocycles. The number of nitrogens with zero attached hydrogens (tertiary/aromatic N) is 1. The first-order chi connectivity index (χ1) is 15.0. The summed E-state index contributed by atoms with van der Waals surface area (Å²) in [6.07, 6.45) is -0.909. The van der Waals surface area contributed by atoms with E-state index in [9.17, 15) is 5.11 Å². The van der Waals surface area contributed by atoms with Crippen molar-refractivity contribution < 1.29 is 24.1 Å². The smallest absolute Gasteiger partial charge is 0.191 e. The molecule has 2 unspecified atom stereocenters. The highest BCUT2D eigenvalue weighted by molar-refractivity contribution is 5.79. The van der Waals surface area contributed by atoms with Crippen LogP contribution in [0.3, 0.4) is 0 Å². The molecule has 0 heterocycles. The molecule has 0 aliphatic heterocycles. The molecule has 170 valence electrons. The second kappa shape index (κ2) is 12.5. The summed E-state index contributed by atoms with van der Waals surface area (Å²) in [5.74, 6) is 3.31. The van der Waals surface area contributed by atoms with Gasteiger partial charge in [0.2, 0.25) is 0 Å². The maximum absolute atomic E-state index is 10.6. The number of guanidine groups is 1. The SMILES string of the molecule is CCNC(=NCC(O)c1cc(OC)cc(OC)c1)NCC(C)Oc1cccc(OC)c1. The fourth-order valence-electron chi connectivity index (χ4n) is 2.84. The number of rotatable bonds is 11. The standard InChI is InChI=1S/C23H33N3O5/c1-6-24-23(25-14-16(2)31-19-9-7-8-18(12-19)28-3)26-15-22(27)17-10-20(29-4)13-21(11-17)30-5/h7-13,16,22,27H,6,14-15H2,1-5H3,(H2,24,25,26). The summed E-state index contributed by atoms with van der Waals surface area (Å²) in [5.41, 5.74) is 0.672. The van der Waals surface area contributed by atoms with Gasteiger partial charge in [0.15, 0.2) is 5.96 Å². The molecule has 0 bridgehead atoms. The highest BCUT2D eigenvalue weighted by Gasteiger charge is 2.12. The van der Waals surface area contributed by atoms with Gasteiger partial charge < -0.3 is 34.7 Å². The van der Waals surface area contributed by atoms with Gasteiger partial charge in [0.25, 0.3) is 0 Å². The van der Waals surface area contributed by atoms with Crippen molar-refractivity contribution in [3.05, 3.63) is 48.0 Å². The number of hydrogen-bond donors (Lipinski definition) is 3. The van der Waals surface area contributed by atoms with Gasteiger partial charge in [-0.05, 0) is 43.7 Å². The third-order valence-electron chi connectivity index (χ3n) is 4.46. The number of ether oxygens (including phenoxy) is 4. The average molecular weight is 432 g/mol. The Morgan fingerprint density at radius 1 is 0.935 bits per heavy atom. The van der Waals surface area contributed by atoms with Crippen LogP contribution in [0.15, 0.2) is 47.5 Å². The fraction of sp³-hybridized carbons (Fsp3) is 0.435. The third-order valence-corrected chi connectivity index (χ3v) is 4.46. The molecule has 2 aromatic rings. The highest BCUT2D eigenvalue weighted by Crippen LogP contribution is 2.26. The molecule has 3 N–H and O–H groups in total. The number of nitrogens with one attached hydrogen (secondary N) is 2. The van der Waals surface area contributed by atoms with Gasteiger partial charge in [-0.1, -0.05) is 6.07 Å². The Morgan fingerprint density at radius 3 is 2.16 bits per heavy atom. The lowest BCUT2D eigenvalue weighted by Gasteiger charge is -2.18. The lowest BCUT2D eigenvalue weighted by Crippen LogP contribution is -2.42. The van der Waals surface area contributed by atoms with E-state index in [1.807, 2.05) is 38.1 Å². The Kier molecular flexibility index (Phi) is 9.77. The zero-order valence-electron chi connectivity index (χ0n) is 18.8. The minimum atomic E-state index is -0.801. The number of methoxy groups -OCH3 is 3. The van der Waals surface area contributed by atoms with Crippen molar-refractivity contribution in [2.24, 2.45) is 4.99 Å². The van der Waals surface area contributed by atoms with Gasteiger partial charge in [-0.25, -0.2) is 0 Å². The molecular weight excluding hydrogens is 398 g/mol. The van der Waals surface area contributed by atoms with Gasteiger partial charge in [-0.3, -0.25) is 4.99 Å². The summed E-state index contributed by atoms with van der Waals surface area (Å²) in [6, 6.07) is 12.8. The van der Waals surface area contributed by atoms with Crippen LogP contribution in [0, 0.1) is 0 Å². The molecule has 31 heavy (non-hydrogen) atoms. The Labute approximate surface area is 184 Å². The van der Waals surface area contributed by atoms with Gasteiger partial charge in [0, 0.05) is 18.7 Å². The number of hydrogen-bond acceptors (Lipinski definition) is 6. The first kappa shape index (κ1) is 24.1. The van der Waals surface area contributed by atoms with Crippen LogP contribution in [0.4, 0.5) is 0 Å². The molecule has 0 fully saturated rings. The van der Waals surface area contributed by atoms with Crippen molar-refractivity contribution in [3.63, 3.8) is 0 Å². The van der Waals surface area contributed by atoms with E-state index in [0.717, 1.165) is 11.5 Å². The Bertz CT molecular complexity index is 821. The Hall–Kier alpha value is -3.13. The molecular formula is C23H33N3O5. The normalized spacial score (nSPS) is 13.2. The number of aliphatic hydroxyl groups excluding tert-OH is 1. The van der Waals surface area contributed by atoms with Crippen molar-refractivity contribution in [2.45, 2.75) is 26.1 Å². The number of benzene rings is 2. The molecule has 2 rings (SSSR count). The van der Waals surface area contributed by atoms with Gasteiger partial charge in [0.1, 0.15) is 29.1 Å². The summed E-state index contributed by atoms with van der Waals surface area (Å²) in [7, 11) is 4.77. The predicted molar refractivity (Wildman–Crippen MR) is 122 cm³/mol. The Morgan fingerprint density at radius 2 is 1.55 bits per heavy atom. The van der Waals surface area contributed by atoms with Crippen molar-refractivity contribution >= 4 is 5.96 Å². The second-order valence-corrected chi connectivity index (χ2v) is 6.87. The summed E-state index contributed by atoms with van der Waals surface area (Å²) in [5, 5.41) is 17.0. The van der Waals surface area contributed by atoms with E-state index < -0.39 is 6.10 Å². The van der Waals surface area contributed by atoms with E-state index in [-0.39, 0.29) is 12.6 Å². The third kappa shape index (κ3) is 7.90. The molecule has 0 saturated heterocycles. The van der Waals surface area contributed by atoms with Crippen molar-refractivity contribution in [1.29, 1.82) is 0 Å². The van der Waals surface area contributed by atoms with Crippen LogP contribution in [0.5, 0.6) is 23.0 Å². The number of aliphatic imine (C=N–C) groups is 1. The minimum Gasteiger partial charge on any atom is -0.497 e. The van der Waals surface area contributed by atoms with Crippen LogP contribution in [0.1, 0.15) is 25.5 Å². The first-order valence-corrected chi connectivity index (χ1v) is 10.2. The molecule has 0 aliphatic carbocycles. The molecule has 8 nitrogen and oxygen atoms in total. The van der Waals surface area contributed by atoms with Crippen LogP contribution in [-0.2, 0) is 0 Å². The van der Waals surface area contributed by atoms with E-state index in [1.54, 1.807) is 39.5 Å². The van der Waals surface area contributed by atoms with Gasteiger partial charge in [-0.15, -0.1) is 0 Å². The summed E-state index contributed by atoms with van der Waals surface area (Å²) < 4.78 is 21.7. The molecule has 0 aromatic heterocycles. The molecule has 8 heteroatoms. The van der Waals surface area contributed by atoms with E-state index in [1.165, 1.54) is 0 Å². The maximum atomic E-state index is 10.6. The van der Waals surface area contributed by atoms with Crippen molar-refractivity contribution in [3.8, 4) is 23.0 Å². The van der Waals surface area contributed by atoms with Crippen molar-refractivity contribution in [1.82, 2.24) is 10.6 Å². The minimum absolute atomic E-state index is 0.108. The lowest BCUT2D eigenvalue weighted by molar-refractivity contribution is 0.186. The Balaban J connectivity index is 1.96. The molecule has 0 amide bonds. The summed E-state index contributed by atoms with van der Waals surface area (Å²) >= 11 is 0. The largest absolute Gasteiger partial charge is 0.497 e. The summed E-state index contributed by atoms with van der Waals surface area (Å²) in [4.78, 5) is 4.49. The molecule has 2 atom stereocenters. The zero-order valence-corrected chi connectivity index (χ0v) is 18.8. The van der Waals surface area contributed by atoms with E-state index >= 15 is 0 Å². The monoisotopic (exact) mass is 431 g/mol. The molecule has 0 aliphatic rings. The maximum Gasteiger partial charge on any atom is 0.191 e. The highest BCUT2D eigenvalue weighted by atomic mass is 16.5. The fourth-order valence-corrected chi connectivity index (χ4v) is 2.84. The lowest BCUT2D eigenvalue weighted by atomic mass is 10.1. The van der Waals surface area contributed by atoms with Gasteiger partial charge >= 0.3 is 0 Å². The topological polar surface area (TPSA) is 93.6 Å².